The molecule has 0 spiro atoms. The van der Waals surface area contributed by atoms with Gasteiger partial charge in [-0.2, -0.15) is 5.10 Å². The highest BCUT2D eigenvalue weighted by Gasteiger charge is 2.36. The first-order valence-electron chi connectivity index (χ1n) is 13.3. The third-order valence-corrected chi connectivity index (χ3v) is 7.19. The third kappa shape index (κ3) is 4.47. The molecule has 0 saturated carbocycles. The third-order valence-electron chi connectivity index (χ3n) is 7.19. The second-order valence-corrected chi connectivity index (χ2v) is 9.60. The van der Waals surface area contributed by atoms with Gasteiger partial charge in [-0.3, -0.25) is 0 Å². The molecule has 3 heterocycles. The number of methoxy groups -OCH3 is 1. The summed E-state index contributed by atoms with van der Waals surface area (Å²) in [6.45, 7) is 4.76. The van der Waals surface area contributed by atoms with Gasteiger partial charge in [0.25, 0.3) is 0 Å². The number of nitrogens with zero attached hydrogens (tertiary/aromatic N) is 4. The van der Waals surface area contributed by atoms with Crippen LogP contribution in [0.25, 0.3) is 11.5 Å². The first-order chi connectivity index (χ1) is 19.6. The molecule has 8 heteroatoms. The number of nitrogens with one attached hydrogen (secondary N) is 1. The highest BCUT2D eigenvalue weighted by atomic mass is 16.5. The number of aryl methyl sites for hydroxylation is 1. The van der Waals surface area contributed by atoms with Crippen LogP contribution >= 0.6 is 0 Å². The molecule has 0 bridgehead atoms. The molecule has 0 saturated heterocycles. The minimum atomic E-state index is -0.402. The lowest BCUT2D eigenvalue weighted by Gasteiger charge is -2.31. The van der Waals surface area contributed by atoms with E-state index in [2.05, 4.69) is 16.0 Å². The molecule has 1 atom stereocenters. The van der Waals surface area contributed by atoms with Crippen molar-refractivity contribution in [1.29, 1.82) is 0 Å². The number of fused-ring (bicyclic) bond motifs is 3. The van der Waals surface area contributed by atoms with E-state index in [1.807, 2.05) is 115 Å². The number of urea groups is 1. The molecule has 2 amide bonds. The van der Waals surface area contributed by atoms with Gasteiger partial charge in [0.2, 0.25) is 0 Å². The maximum Gasteiger partial charge on any atom is 0.323 e. The smallest absolute Gasteiger partial charge is 0.323 e. The summed E-state index contributed by atoms with van der Waals surface area (Å²) in [7, 11) is 1.65. The predicted octanol–water partition coefficient (Wildman–Crippen LogP) is 6.52. The molecule has 5 aromatic rings. The van der Waals surface area contributed by atoms with Crippen molar-refractivity contribution in [2.75, 3.05) is 19.0 Å². The van der Waals surface area contributed by atoms with E-state index in [9.17, 15) is 4.79 Å². The number of carbonyl (C=O) groups is 1. The Balaban J connectivity index is 1.53. The summed E-state index contributed by atoms with van der Waals surface area (Å²) in [5.74, 6) is 2.27. The van der Waals surface area contributed by atoms with Gasteiger partial charge >= 0.3 is 6.03 Å². The van der Waals surface area contributed by atoms with E-state index in [1.54, 1.807) is 7.11 Å². The van der Waals surface area contributed by atoms with Crippen molar-refractivity contribution in [3.05, 3.63) is 120 Å². The van der Waals surface area contributed by atoms with Crippen molar-refractivity contribution in [2.24, 2.45) is 0 Å². The molecule has 0 unspecified atom stereocenters. The van der Waals surface area contributed by atoms with Gasteiger partial charge in [-0.1, -0.05) is 42.5 Å². The van der Waals surface area contributed by atoms with Gasteiger partial charge in [-0.15, -0.1) is 0 Å². The molecule has 2 aromatic heterocycles. The number of para-hydroxylation sites is 3. The Morgan fingerprint density at radius 2 is 1.80 bits per heavy atom. The summed E-state index contributed by atoms with van der Waals surface area (Å²) in [4.78, 5) is 16.1. The summed E-state index contributed by atoms with van der Waals surface area (Å²) in [6, 6.07) is 28.9. The standard InChI is InChI=1S/C32H31N5O3/c1-4-40-29-18-9-8-16-27(29)33-32(38)36-21-26-22(2)34-37(24-13-6-5-7-14-24)31(26)35-19-11-17-28(35)30(36)23-12-10-15-25(20-23)39-3/h5-20,30H,4,21H2,1-3H3,(H,33,38)/t30-/m1/s1. The van der Waals surface area contributed by atoms with E-state index < -0.39 is 6.04 Å². The molecule has 6 rings (SSSR count). The molecule has 0 fully saturated rings. The molecule has 0 radical (unpaired) electrons. The number of hydrogen-bond donors (Lipinski definition) is 1. The molecule has 8 nitrogen and oxygen atoms in total. The predicted molar refractivity (Wildman–Crippen MR) is 155 cm³/mol. The van der Waals surface area contributed by atoms with Crippen LogP contribution in [-0.2, 0) is 6.54 Å². The van der Waals surface area contributed by atoms with Crippen molar-refractivity contribution in [3.63, 3.8) is 0 Å². The quantitative estimate of drug-likeness (QED) is 0.270. The fourth-order valence-corrected chi connectivity index (χ4v) is 5.35. The zero-order valence-corrected chi connectivity index (χ0v) is 22.7. The van der Waals surface area contributed by atoms with Crippen molar-refractivity contribution in [3.8, 4) is 23.0 Å². The van der Waals surface area contributed by atoms with Crippen LogP contribution in [0.5, 0.6) is 11.5 Å². The molecule has 40 heavy (non-hydrogen) atoms. The van der Waals surface area contributed by atoms with Gasteiger partial charge in [0.05, 0.1) is 49.1 Å². The van der Waals surface area contributed by atoms with E-state index in [0.717, 1.165) is 39.8 Å². The molecule has 202 valence electrons. The number of amides is 2. The van der Waals surface area contributed by atoms with Crippen LogP contribution in [0.4, 0.5) is 10.5 Å². The number of rotatable bonds is 6. The second kappa shape index (κ2) is 10.6. The van der Waals surface area contributed by atoms with Gasteiger partial charge < -0.3 is 24.3 Å². The summed E-state index contributed by atoms with van der Waals surface area (Å²) < 4.78 is 15.5. The Kier molecular flexibility index (Phi) is 6.74. The fourth-order valence-electron chi connectivity index (χ4n) is 5.35. The monoisotopic (exact) mass is 533 g/mol. The Morgan fingerprint density at radius 1 is 1.00 bits per heavy atom. The first kappa shape index (κ1) is 25.3. The van der Waals surface area contributed by atoms with Gasteiger partial charge in [0, 0.05) is 11.8 Å². The van der Waals surface area contributed by atoms with Crippen LogP contribution in [0.3, 0.4) is 0 Å². The van der Waals surface area contributed by atoms with Crippen LogP contribution in [0.15, 0.2) is 97.2 Å². The number of ether oxygens (including phenoxy) is 2. The van der Waals surface area contributed by atoms with Gasteiger partial charge in [0.15, 0.2) is 0 Å². The SMILES string of the molecule is CCOc1ccccc1NC(=O)N1Cc2c(C)nn(-c3ccccc3)c2-n2cccc2[C@H]1c1cccc(OC)c1. The zero-order valence-electron chi connectivity index (χ0n) is 22.7. The lowest BCUT2D eigenvalue weighted by atomic mass is 10.0. The Labute approximate surface area is 233 Å². The summed E-state index contributed by atoms with van der Waals surface area (Å²) in [6.07, 6.45) is 2.04. The van der Waals surface area contributed by atoms with Crippen LogP contribution in [-0.4, -0.2) is 39.0 Å². The highest BCUT2D eigenvalue weighted by Crippen LogP contribution is 2.39. The largest absolute Gasteiger partial charge is 0.497 e. The van der Waals surface area contributed by atoms with E-state index in [0.29, 0.717) is 24.6 Å². The lowest BCUT2D eigenvalue weighted by Crippen LogP contribution is -2.38. The molecule has 1 N–H and O–H groups in total. The summed E-state index contributed by atoms with van der Waals surface area (Å²) in [5, 5.41) is 8.05. The van der Waals surface area contributed by atoms with Gasteiger partial charge in [0.1, 0.15) is 17.3 Å². The van der Waals surface area contributed by atoms with Gasteiger partial charge in [-0.05, 0) is 67.9 Å². The number of hydrogen-bond acceptors (Lipinski definition) is 4. The highest BCUT2D eigenvalue weighted by molar-refractivity contribution is 5.91. The van der Waals surface area contributed by atoms with E-state index >= 15 is 0 Å². The molecular formula is C32H31N5O3. The second-order valence-electron chi connectivity index (χ2n) is 9.60. The van der Waals surface area contributed by atoms with Crippen molar-refractivity contribution < 1.29 is 14.3 Å². The minimum absolute atomic E-state index is 0.243. The Morgan fingerprint density at radius 3 is 2.60 bits per heavy atom. The molecule has 0 aliphatic carbocycles. The van der Waals surface area contributed by atoms with E-state index in [-0.39, 0.29) is 6.03 Å². The Bertz CT molecular complexity index is 1660. The zero-order chi connectivity index (χ0) is 27.6. The molecular weight excluding hydrogens is 502 g/mol. The number of carbonyl (C=O) groups excluding carboxylic acids is 1. The van der Waals surface area contributed by atoms with Crippen molar-refractivity contribution >= 4 is 11.7 Å². The van der Waals surface area contributed by atoms with Gasteiger partial charge in [-0.25, -0.2) is 9.48 Å². The maximum atomic E-state index is 14.2. The van der Waals surface area contributed by atoms with Crippen LogP contribution in [0.1, 0.15) is 35.5 Å². The van der Waals surface area contributed by atoms with Crippen molar-refractivity contribution in [1.82, 2.24) is 19.2 Å². The topological polar surface area (TPSA) is 73.5 Å². The molecule has 1 aliphatic heterocycles. The number of benzene rings is 3. The van der Waals surface area contributed by atoms with E-state index in [1.165, 1.54) is 0 Å². The fraction of sp³-hybridized carbons (Fsp3) is 0.188. The molecule has 1 aliphatic rings. The van der Waals surface area contributed by atoms with Crippen molar-refractivity contribution in [2.45, 2.75) is 26.4 Å². The average molecular weight is 534 g/mol. The summed E-state index contributed by atoms with van der Waals surface area (Å²) in [5.41, 5.74) is 5.28. The minimum Gasteiger partial charge on any atom is -0.497 e. The molecule has 3 aromatic carbocycles. The maximum absolute atomic E-state index is 14.2. The number of anilines is 1. The first-order valence-corrected chi connectivity index (χ1v) is 13.3. The van der Waals surface area contributed by atoms with Crippen LogP contribution in [0, 0.1) is 6.92 Å². The summed E-state index contributed by atoms with van der Waals surface area (Å²) >= 11 is 0. The number of aromatic nitrogens is 3. The Hall–Kier alpha value is -4.98. The van der Waals surface area contributed by atoms with Crippen LogP contribution in [0.2, 0.25) is 0 Å². The lowest BCUT2D eigenvalue weighted by molar-refractivity contribution is 0.194. The van der Waals surface area contributed by atoms with E-state index in [4.69, 9.17) is 14.6 Å². The average Bonchev–Trinajstić information content (AvgIpc) is 3.55. The normalized spacial score (nSPS) is 14.2. The van der Waals surface area contributed by atoms with Crippen LogP contribution < -0.4 is 14.8 Å².